The van der Waals surface area contributed by atoms with Crippen molar-refractivity contribution in [1.29, 1.82) is 0 Å². The van der Waals surface area contributed by atoms with Gasteiger partial charge in [-0.3, -0.25) is 0 Å². The number of nitrogens with zero attached hydrogens (tertiary/aromatic N) is 3. The molecule has 1 atom stereocenters. The molecule has 2 fully saturated rings. The molecule has 0 aliphatic carbocycles. The van der Waals surface area contributed by atoms with Gasteiger partial charge in [0.15, 0.2) is 5.65 Å². The number of hydrogen-bond donors (Lipinski definition) is 1. The van der Waals surface area contributed by atoms with E-state index in [4.69, 9.17) is 24.3 Å². The molecule has 26 heavy (non-hydrogen) atoms. The van der Waals surface area contributed by atoms with Crippen molar-refractivity contribution in [2.24, 2.45) is 0 Å². The van der Waals surface area contributed by atoms with Gasteiger partial charge in [0.25, 0.3) is 0 Å². The number of rotatable bonds is 5. The van der Waals surface area contributed by atoms with E-state index in [1.54, 1.807) is 0 Å². The second kappa shape index (κ2) is 7.90. The van der Waals surface area contributed by atoms with E-state index >= 15 is 0 Å². The van der Waals surface area contributed by atoms with Gasteiger partial charge in [0, 0.05) is 43.0 Å². The normalized spacial score (nSPS) is 22.0. The largest absolute Gasteiger partial charge is 0.381 e. The maximum Gasteiger partial charge on any atom is 0.157 e. The van der Waals surface area contributed by atoms with Gasteiger partial charge in [-0.2, -0.15) is 9.61 Å². The molecule has 7 heteroatoms. The van der Waals surface area contributed by atoms with Crippen LogP contribution >= 0.6 is 0 Å². The summed E-state index contributed by atoms with van der Waals surface area (Å²) < 4.78 is 18.7. The molecular weight excluding hydrogens is 332 g/mol. The van der Waals surface area contributed by atoms with E-state index in [-0.39, 0.29) is 6.10 Å². The summed E-state index contributed by atoms with van der Waals surface area (Å²) >= 11 is 0. The molecule has 0 aromatic carbocycles. The first kappa shape index (κ1) is 17.7. The summed E-state index contributed by atoms with van der Waals surface area (Å²) in [4.78, 5) is 4.79. The SMILES string of the molecule is CCc1c(C)nc2cc(C3CCOCC3)nn2c1NCC1COCCO1. The van der Waals surface area contributed by atoms with E-state index in [1.165, 1.54) is 5.56 Å². The minimum absolute atomic E-state index is 0.0718. The lowest BCUT2D eigenvalue weighted by Gasteiger charge is -2.24. The average molecular weight is 360 g/mol. The van der Waals surface area contributed by atoms with E-state index in [1.807, 2.05) is 4.52 Å². The summed E-state index contributed by atoms with van der Waals surface area (Å²) in [6.45, 7) is 8.54. The van der Waals surface area contributed by atoms with Crippen molar-refractivity contribution in [3.63, 3.8) is 0 Å². The fourth-order valence-electron chi connectivity index (χ4n) is 3.83. The molecule has 0 spiro atoms. The van der Waals surface area contributed by atoms with Gasteiger partial charge in [-0.05, 0) is 26.2 Å². The second-order valence-corrected chi connectivity index (χ2v) is 7.05. The summed E-state index contributed by atoms with van der Waals surface area (Å²) in [6, 6.07) is 2.13. The Bertz CT molecular complexity index is 749. The van der Waals surface area contributed by atoms with Crippen LogP contribution in [0.2, 0.25) is 0 Å². The topological polar surface area (TPSA) is 69.9 Å². The first-order chi connectivity index (χ1) is 12.8. The zero-order valence-corrected chi connectivity index (χ0v) is 15.7. The standard InChI is InChI=1S/C19H28N4O3/c1-3-16-13(2)21-18-10-17(14-4-6-24-7-5-14)22-23(18)19(16)20-11-15-12-25-8-9-26-15/h10,14-15,20H,3-9,11-12H2,1-2H3. The quantitative estimate of drug-likeness (QED) is 0.882. The first-order valence-corrected chi connectivity index (χ1v) is 9.66. The summed E-state index contributed by atoms with van der Waals surface area (Å²) in [6.07, 6.45) is 3.03. The van der Waals surface area contributed by atoms with Crippen molar-refractivity contribution in [3.8, 4) is 0 Å². The van der Waals surface area contributed by atoms with E-state index in [2.05, 4.69) is 25.2 Å². The number of fused-ring (bicyclic) bond motifs is 1. The van der Waals surface area contributed by atoms with Crippen molar-refractivity contribution in [1.82, 2.24) is 14.6 Å². The third-order valence-corrected chi connectivity index (χ3v) is 5.30. The van der Waals surface area contributed by atoms with Crippen LogP contribution in [-0.4, -0.2) is 60.3 Å². The van der Waals surface area contributed by atoms with Crippen LogP contribution in [0.5, 0.6) is 0 Å². The molecule has 2 aromatic heterocycles. The van der Waals surface area contributed by atoms with Crippen LogP contribution in [0.4, 0.5) is 5.82 Å². The van der Waals surface area contributed by atoms with Gasteiger partial charge >= 0.3 is 0 Å². The zero-order valence-electron chi connectivity index (χ0n) is 15.7. The Hall–Kier alpha value is -1.70. The number of anilines is 1. The minimum Gasteiger partial charge on any atom is -0.381 e. The van der Waals surface area contributed by atoms with Crippen molar-refractivity contribution in [2.75, 3.05) is 44.9 Å². The molecule has 2 aromatic rings. The lowest BCUT2D eigenvalue weighted by molar-refractivity contribution is -0.0819. The predicted molar refractivity (Wildman–Crippen MR) is 98.9 cm³/mol. The fraction of sp³-hybridized carbons (Fsp3) is 0.684. The van der Waals surface area contributed by atoms with Gasteiger partial charge in [0.05, 0.1) is 31.6 Å². The van der Waals surface area contributed by atoms with Gasteiger partial charge < -0.3 is 19.5 Å². The van der Waals surface area contributed by atoms with Crippen LogP contribution in [0, 0.1) is 6.92 Å². The molecule has 4 rings (SSSR count). The summed E-state index contributed by atoms with van der Waals surface area (Å²) in [5, 5.41) is 8.48. The summed E-state index contributed by atoms with van der Waals surface area (Å²) in [5.74, 6) is 1.49. The molecule has 0 amide bonds. The Morgan fingerprint density at radius 3 is 2.77 bits per heavy atom. The molecule has 142 valence electrons. The highest BCUT2D eigenvalue weighted by Gasteiger charge is 2.22. The molecule has 4 heterocycles. The van der Waals surface area contributed by atoms with E-state index < -0.39 is 0 Å². The molecule has 7 nitrogen and oxygen atoms in total. The van der Waals surface area contributed by atoms with Crippen LogP contribution in [0.25, 0.3) is 5.65 Å². The minimum atomic E-state index is 0.0718. The van der Waals surface area contributed by atoms with E-state index in [0.29, 0.717) is 32.3 Å². The van der Waals surface area contributed by atoms with Crippen molar-refractivity contribution in [3.05, 3.63) is 23.0 Å². The average Bonchev–Trinajstić information content (AvgIpc) is 3.11. The fourth-order valence-corrected chi connectivity index (χ4v) is 3.83. The molecule has 0 radical (unpaired) electrons. The highest BCUT2D eigenvalue weighted by Crippen LogP contribution is 2.29. The van der Waals surface area contributed by atoms with Gasteiger partial charge in [-0.15, -0.1) is 0 Å². The highest BCUT2D eigenvalue weighted by molar-refractivity contribution is 5.56. The molecule has 1 N–H and O–H groups in total. The van der Waals surface area contributed by atoms with Crippen molar-refractivity contribution >= 4 is 11.5 Å². The summed E-state index contributed by atoms with van der Waals surface area (Å²) in [7, 11) is 0. The highest BCUT2D eigenvalue weighted by atomic mass is 16.6. The van der Waals surface area contributed by atoms with Gasteiger partial charge in [-0.1, -0.05) is 6.92 Å². The van der Waals surface area contributed by atoms with Crippen molar-refractivity contribution < 1.29 is 14.2 Å². The number of aryl methyl sites for hydroxylation is 1. The number of aromatic nitrogens is 3. The second-order valence-electron chi connectivity index (χ2n) is 7.05. The Morgan fingerprint density at radius 1 is 1.19 bits per heavy atom. The molecule has 2 saturated heterocycles. The first-order valence-electron chi connectivity index (χ1n) is 9.66. The molecule has 2 aliphatic rings. The molecular formula is C19H28N4O3. The Morgan fingerprint density at radius 2 is 2.04 bits per heavy atom. The summed E-state index contributed by atoms with van der Waals surface area (Å²) in [5.41, 5.74) is 4.29. The van der Waals surface area contributed by atoms with Crippen LogP contribution in [0.15, 0.2) is 6.07 Å². The molecule has 0 saturated carbocycles. The van der Waals surface area contributed by atoms with E-state index in [0.717, 1.165) is 55.3 Å². The zero-order chi connectivity index (χ0) is 17.9. The molecule has 0 bridgehead atoms. The van der Waals surface area contributed by atoms with E-state index in [9.17, 15) is 0 Å². The van der Waals surface area contributed by atoms with Gasteiger partial charge in [-0.25, -0.2) is 4.98 Å². The third kappa shape index (κ3) is 3.56. The Labute approximate surface area is 154 Å². The lowest BCUT2D eigenvalue weighted by Crippen LogP contribution is -2.34. The lowest BCUT2D eigenvalue weighted by atomic mass is 9.97. The molecule has 2 aliphatic heterocycles. The monoisotopic (exact) mass is 360 g/mol. The maximum absolute atomic E-state index is 5.77. The Kier molecular flexibility index (Phi) is 5.38. The Balaban J connectivity index is 1.64. The number of ether oxygens (including phenoxy) is 3. The van der Waals surface area contributed by atoms with Gasteiger partial charge in [0.2, 0.25) is 0 Å². The van der Waals surface area contributed by atoms with Crippen molar-refractivity contribution in [2.45, 2.75) is 45.1 Å². The van der Waals surface area contributed by atoms with Crippen LogP contribution in [-0.2, 0) is 20.6 Å². The maximum atomic E-state index is 5.77. The smallest absolute Gasteiger partial charge is 0.157 e. The van der Waals surface area contributed by atoms with Crippen LogP contribution in [0.1, 0.15) is 42.6 Å². The third-order valence-electron chi connectivity index (χ3n) is 5.30. The van der Waals surface area contributed by atoms with Gasteiger partial charge in [0.1, 0.15) is 5.82 Å². The predicted octanol–water partition coefficient (Wildman–Crippen LogP) is 2.32. The number of nitrogens with one attached hydrogen (secondary N) is 1. The molecule has 1 unspecified atom stereocenters. The van der Waals surface area contributed by atoms with Crippen LogP contribution < -0.4 is 5.32 Å². The number of hydrogen-bond acceptors (Lipinski definition) is 6. The van der Waals surface area contributed by atoms with Crippen LogP contribution in [0.3, 0.4) is 0 Å².